The highest BCUT2D eigenvalue weighted by Crippen LogP contribution is 2.61. The average Bonchev–Trinajstić information content (AvgIpc) is 2.96. The van der Waals surface area contributed by atoms with Gasteiger partial charge in [0.1, 0.15) is 0 Å². The first-order chi connectivity index (χ1) is 10.7. The van der Waals surface area contributed by atoms with Gasteiger partial charge in [-0.2, -0.15) is 0 Å². The lowest BCUT2D eigenvalue weighted by Gasteiger charge is -2.57. The second-order valence-corrected chi connectivity index (χ2v) is 9.08. The topological polar surface area (TPSA) is 26.3 Å². The lowest BCUT2D eigenvalue weighted by molar-refractivity contribution is -0.146. The third-order valence-electron chi connectivity index (χ3n) is 7.29. The van der Waals surface area contributed by atoms with Crippen LogP contribution in [0.5, 0.6) is 0 Å². The minimum absolute atomic E-state index is 0.0663. The number of hydrogen-bond donors (Lipinski definition) is 0. The number of hydrogen-bond acceptors (Lipinski definition) is 2. The fraction of sp³-hybridized carbons (Fsp3) is 0.950. The standard InChI is InChI=1S/C20H32O2/c21-19(6-5-15-3-1-2-4-15)22-8-7-20-12-16-9-17(13-20)11-18(10-16)14-20/h15-18H,1-14H2. The third kappa shape index (κ3) is 3.21. The maximum absolute atomic E-state index is 12.0. The molecule has 5 aliphatic rings. The van der Waals surface area contributed by atoms with Crippen LogP contribution in [0.4, 0.5) is 0 Å². The Balaban J connectivity index is 1.19. The van der Waals surface area contributed by atoms with Crippen molar-refractivity contribution in [1.82, 2.24) is 0 Å². The van der Waals surface area contributed by atoms with Crippen LogP contribution in [0.3, 0.4) is 0 Å². The van der Waals surface area contributed by atoms with Crippen molar-refractivity contribution in [2.45, 2.75) is 83.5 Å². The Hall–Kier alpha value is -0.530. The summed E-state index contributed by atoms with van der Waals surface area (Å²) in [6, 6.07) is 0. The molecule has 5 rings (SSSR count). The maximum Gasteiger partial charge on any atom is 0.305 e. The molecule has 0 unspecified atom stereocenters. The SMILES string of the molecule is O=C(CCC1CCCC1)OCCC12CC3CC(CC(C3)C1)C2. The van der Waals surface area contributed by atoms with Gasteiger partial charge in [-0.05, 0) is 80.5 Å². The minimum Gasteiger partial charge on any atom is -0.466 e. The first-order valence-corrected chi connectivity index (χ1v) is 9.86. The quantitative estimate of drug-likeness (QED) is 0.638. The molecule has 0 aromatic heterocycles. The van der Waals surface area contributed by atoms with Crippen LogP contribution in [-0.2, 0) is 9.53 Å². The summed E-state index contributed by atoms with van der Waals surface area (Å²) in [4.78, 5) is 12.0. The van der Waals surface area contributed by atoms with Crippen molar-refractivity contribution < 1.29 is 9.53 Å². The minimum atomic E-state index is 0.0663. The Kier molecular flexibility index (Phi) is 4.21. The lowest BCUT2D eigenvalue weighted by Crippen LogP contribution is -2.46. The van der Waals surface area contributed by atoms with Gasteiger partial charge in [-0.25, -0.2) is 0 Å². The Labute approximate surface area is 135 Å². The van der Waals surface area contributed by atoms with Crippen molar-refractivity contribution in [3.05, 3.63) is 0 Å². The molecule has 124 valence electrons. The Morgan fingerprint density at radius 1 is 0.955 bits per heavy atom. The first kappa shape index (κ1) is 15.0. The van der Waals surface area contributed by atoms with Crippen LogP contribution in [0.25, 0.3) is 0 Å². The summed E-state index contributed by atoms with van der Waals surface area (Å²) in [6.45, 7) is 0.690. The molecule has 2 heteroatoms. The van der Waals surface area contributed by atoms with E-state index in [0.29, 0.717) is 18.4 Å². The van der Waals surface area contributed by atoms with Gasteiger partial charge in [0.15, 0.2) is 0 Å². The molecule has 0 N–H and O–H groups in total. The van der Waals surface area contributed by atoms with Crippen molar-refractivity contribution >= 4 is 5.97 Å². The van der Waals surface area contributed by atoms with E-state index in [2.05, 4.69) is 0 Å². The van der Waals surface area contributed by atoms with Crippen LogP contribution in [0.15, 0.2) is 0 Å². The molecule has 0 amide bonds. The normalized spacial score (nSPS) is 40.3. The molecule has 5 aliphatic carbocycles. The Morgan fingerprint density at radius 3 is 2.14 bits per heavy atom. The molecule has 0 aromatic rings. The first-order valence-electron chi connectivity index (χ1n) is 9.86. The summed E-state index contributed by atoms with van der Waals surface area (Å²) in [7, 11) is 0. The second-order valence-electron chi connectivity index (χ2n) is 9.08. The fourth-order valence-electron chi connectivity index (χ4n) is 6.67. The van der Waals surface area contributed by atoms with Gasteiger partial charge >= 0.3 is 5.97 Å². The average molecular weight is 304 g/mol. The molecular weight excluding hydrogens is 272 g/mol. The van der Waals surface area contributed by atoms with E-state index in [-0.39, 0.29) is 5.97 Å². The maximum atomic E-state index is 12.0. The number of carbonyl (C=O) groups excluding carboxylic acids is 1. The molecule has 0 atom stereocenters. The highest BCUT2D eigenvalue weighted by atomic mass is 16.5. The van der Waals surface area contributed by atoms with E-state index in [1.807, 2.05) is 0 Å². The van der Waals surface area contributed by atoms with E-state index in [4.69, 9.17) is 4.74 Å². The smallest absolute Gasteiger partial charge is 0.305 e. The highest BCUT2D eigenvalue weighted by molar-refractivity contribution is 5.69. The van der Waals surface area contributed by atoms with Gasteiger partial charge in [-0.15, -0.1) is 0 Å². The zero-order chi connectivity index (χ0) is 15.0. The molecular formula is C20H32O2. The van der Waals surface area contributed by atoms with Gasteiger partial charge in [0.05, 0.1) is 6.61 Å². The van der Waals surface area contributed by atoms with E-state index in [9.17, 15) is 4.79 Å². The molecule has 0 spiro atoms. The fourth-order valence-corrected chi connectivity index (χ4v) is 6.67. The molecule has 0 aromatic carbocycles. The van der Waals surface area contributed by atoms with Crippen LogP contribution >= 0.6 is 0 Å². The molecule has 22 heavy (non-hydrogen) atoms. The molecule has 0 radical (unpaired) electrons. The van der Waals surface area contributed by atoms with Crippen LogP contribution < -0.4 is 0 Å². The number of rotatable bonds is 6. The van der Waals surface area contributed by atoms with Gasteiger partial charge in [-0.1, -0.05) is 25.7 Å². The lowest BCUT2D eigenvalue weighted by atomic mass is 9.49. The second kappa shape index (κ2) is 6.17. The summed E-state index contributed by atoms with van der Waals surface area (Å²) < 4.78 is 5.60. The number of ether oxygens (including phenoxy) is 1. The van der Waals surface area contributed by atoms with Gasteiger partial charge in [-0.3, -0.25) is 4.79 Å². The van der Waals surface area contributed by atoms with E-state index < -0.39 is 0 Å². The summed E-state index contributed by atoms with van der Waals surface area (Å²) in [5.74, 6) is 3.88. The van der Waals surface area contributed by atoms with Crippen molar-refractivity contribution in [3.8, 4) is 0 Å². The monoisotopic (exact) mass is 304 g/mol. The predicted octanol–water partition coefficient (Wildman–Crippen LogP) is 5.11. The van der Waals surface area contributed by atoms with Gasteiger partial charge in [0.25, 0.3) is 0 Å². The molecule has 0 heterocycles. The van der Waals surface area contributed by atoms with Gasteiger partial charge < -0.3 is 4.74 Å². The van der Waals surface area contributed by atoms with Crippen LogP contribution in [0.1, 0.15) is 83.5 Å². The van der Waals surface area contributed by atoms with E-state index in [1.54, 1.807) is 0 Å². The Bertz CT molecular complexity index is 373. The van der Waals surface area contributed by atoms with Gasteiger partial charge in [0, 0.05) is 6.42 Å². The highest BCUT2D eigenvalue weighted by Gasteiger charge is 2.50. The zero-order valence-electron chi connectivity index (χ0n) is 14.0. The molecule has 4 bridgehead atoms. The van der Waals surface area contributed by atoms with Crippen molar-refractivity contribution in [1.29, 1.82) is 0 Å². The molecule has 5 fully saturated rings. The number of esters is 1. The van der Waals surface area contributed by atoms with Crippen molar-refractivity contribution in [3.63, 3.8) is 0 Å². The van der Waals surface area contributed by atoms with Crippen molar-refractivity contribution in [2.75, 3.05) is 6.61 Å². The largest absolute Gasteiger partial charge is 0.466 e. The van der Waals surface area contributed by atoms with E-state index in [1.165, 1.54) is 64.2 Å². The Morgan fingerprint density at radius 2 is 1.55 bits per heavy atom. The van der Waals surface area contributed by atoms with E-state index >= 15 is 0 Å². The molecule has 2 nitrogen and oxygen atoms in total. The van der Waals surface area contributed by atoms with Crippen LogP contribution in [-0.4, -0.2) is 12.6 Å². The summed E-state index contributed by atoms with van der Waals surface area (Å²) in [5, 5.41) is 0. The third-order valence-corrected chi connectivity index (χ3v) is 7.29. The molecule has 0 saturated heterocycles. The van der Waals surface area contributed by atoms with Crippen LogP contribution in [0, 0.1) is 29.1 Å². The predicted molar refractivity (Wildman–Crippen MR) is 87.4 cm³/mol. The van der Waals surface area contributed by atoms with Gasteiger partial charge in [0.2, 0.25) is 0 Å². The zero-order valence-corrected chi connectivity index (χ0v) is 14.0. The van der Waals surface area contributed by atoms with Crippen molar-refractivity contribution in [2.24, 2.45) is 29.1 Å². The molecule has 5 saturated carbocycles. The molecule has 0 aliphatic heterocycles. The summed E-state index contributed by atoms with van der Waals surface area (Å²) in [5.41, 5.74) is 0.556. The van der Waals surface area contributed by atoms with Crippen LogP contribution in [0.2, 0.25) is 0 Å². The van der Waals surface area contributed by atoms with E-state index in [0.717, 1.165) is 36.5 Å². The number of carbonyl (C=O) groups is 1. The summed E-state index contributed by atoms with van der Waals surface area (Å²) in [6.07, 6.45) is 17.1. The summed E-state index contributed by atoms with van der Waals surface area (Å²) >= 11 is 0.